The number of fused-ring (bicyclic) bond motifs is 1. The molecule has 1 atom stereocenters. The molecule has 1 aromatic carbocycles. The Labute approximate surface area is 114 Å². The highest BCUT2D eigenvalue weighted by atomic mass is 32.1. The number of para-hydroxylation sites is 1. The van der Waals surface area contributed by atoms with E-state index in [0.717, 1.165) is 12.1 Å². The summed E-state index contributed by atoms with van der Waals surface area (Å²) in [7, 11) is 2.20. The Bertz CT molecular complexity index is 459. The minimum Gasteiger partial charge on any atom is -0.297 e. The van der Waals surface area contributed by atoms with E-state index >= 15 is 0 Å². The molecular formula is C15H22N2S. The van der Waals surface area contributed by atoms with Crippen molar-refractivity contribution in [3.8, 4) is 0 Å². The molecule has 1 heterocycles. The van der Waals surface area contributed by atoms with E-state index in [4.69, 9.17) is 4.98 Å². The molecule has 0 aliphatic rings. The summed E-state index contributed by atoms with van der Waals surface area (Å²) in [4.78, 5) is 7.15. The molecule has 0 amide bonds. The number of hydrogen-bond donors (Lipinski definition) is 0. The van der Waals surface area contributed by atoms with Crippen LogP contribution in [-0.4, -0.2) is 23.5 Å². The van der Waals surface area contributed by atoms with Crippen LogP contribution in [0.25, 0.3) is 10.2 Å². The van der Waals surface area contributed by atoms with Gasteiger partial charge in [-0.15, -0.1) is 11.3 Å². The molecule has 0 saturated carbocycles. The second-order valence-corrected chi connectivity index (χ2v) is 5.95. The number of hydrogen-bond acceptors (Lipinski definition) is 3. The highest BCUT2D eigenvalue weighted by molar-refractivity contribution is 7.18. The molecule has 1 unspecified atom stereocenters. The highest BCUT2D eigenvalue weighted by Crippen LogP contribution is 2.28. The molecule has 3 heteroatoms. The lowest BCUT2D eigenvalue weighted by molar-refractivity contribution is 0.255. The molecule has 18 heavy (non-hydrogen) atoms. The Balaban J connectivity index is 2.05. The van der Waals surface area contributed by atoms with Gasteiger partial charge >= 0.3 is 0 Å². The number of aromatic nitrogens is 1. The average Bonchev–Trinajstić information content (AvgIpc) is 2.81. The maximum atomic E-state index is 4.74. The first-order valence-electron chi connectivity index (χ1n) is 6.78. The molecule has 1 aromatic heterocycles. The molecule has 0 radical (unpaired) electrons. The summed E-state index contributed by atoms with van der Waals surface area (Å²) in [5, 5.41) is 1.23. The smallest absolute Gasteiger partial charge is 0.111 e. The van der Waals surface area contributed by atoms with Gasteiger partial charge in [-0.2, -0.15) is 0 Å². The predicted molar refractivity (Wildman–Crippen MR) is 80.2 cm³/mol. The van der Waals surface area contributed by atoms with Gasteiger partial charge in [0.15, 0.2) is 0 Å². The number of rotatable bonds is 6. The highest BCUT2D eigenvalue weighted by Gasteiger charge is 2.15. The molecule has 0 spiro atoms. The quantitative estimate of drug-likeness (QED) is 0.714. The Morgan fingerprint density at radius 2 is 2.06 bits per heavy atom. The third kappa shape index (κ3) is 3.09. The molecule has 0 bridgehead atoms. The van der Waals surface area contributed by atoms with Gasteiger partial charge in [0.2, 0.25) is 0 Å². The number of unbranched alkanes of at least 4 members (excludes halogenated alkanes) is 2. The van der Waals surface area contributed by atoms with Gasteiger partial charge in [-0.05, 0) is 39.1 Å². The predicted octanol–water partition coefficient (Wildman–Crippen LogP) is 4.48. The molecule has 2 nitrogen and oxygen atoms in total. The van der Waals surface area contributed by atoms with Crippen LogP contribution in [0.1, 0.15) is 44.2 Å². The molecule has 2 rings (SSSR count). The van der Waals surface area contributed by atoms with Crippen molar-refractivity contribution in [1.29, 1.82) is 0 Å². The third-order valence-corrected chi connectivity index (χ3v) is 4.65. The summed E-state index contributed by atoms with van der Waals surface area (Å²) in [5.74, 6) is 0. The first-order chi connectivity index (χ1) is 8.72. The van der Waals surface area contributed by atoms with E-state index in [2.05, 4.69) is 50.1 Å². The van der Waals surface area contributed by atoms with Gasteiger partial charge in [-0.1, -0.05) is 31.9 Å². The zero-order valence-electron chi connectivity index (χ0n) is 11.5. The summed E-state index contributed by atoms with van der Waals surface area (Å²) >= 11 is 1.82. The van der Waals surface area contributed by atoms with Crippen LogP contribution < -0.4 is 0 Å². The molecular weight excluding hydrogens is 240 g/mol. The van der Waals surface area contributed by atoms with Crippen LogP contribution in [0.15, 0.2) is 24.3 Å². The van der Waals surface area contributed by atoms with Crippen molar-refractivity contribution in [2.45, 2.75) is 39.2 Å². The topological polar surface area (TPSA) is 16.1 Å². The average molecular weight is 262 g/mol. The SMILES string of the molecule is CCCCCN(C)C(C)c1nc2ccccc2s1. The van der Waals surface area contributed by atoms with Crippen LogP contribution in [0, 0.1) is 0 Å². The monoisotopic (exact) mass is 262 g/mol. The van der Waals surface area contributed by atoms with E-state index in [0.29, 0.717) is 6.04 Å². The van der Waals surface area contributed by atoms with Crippen molar-refractivity contribution in [1.82, 2.24) is 9.88 Å². The van der Waals surface area contributed by atoms with E-state index in [1.807, 2.05) is 11.3 Å². The van der Waals surface area contributed by atoms with Crippen molar-refractivity contribution in [2.24, 2.45) is 0 Å². The summed E-state index contributed by atoms with van der Waals surface area (Å²) in [5.41, 5.74) is 1.13. The second-order valence-electron chi connectivity index (χ2n) is 4.88. The fraction of sp³-hybridized carbons (Fsp3) is 0.533. The fourth-order valence-electron chi connectivity index (χ4n) is 2.06. The lowest BCUT2D eigenvalue weighted by atomic mass is 10.2. The second kappa shape index (κ2) is 6.30. The van der Waals surface area contributed by atoms with E-state index in [-0.39, 0.29) is 0 Å². The lowest BCUT2D eigenvalue weighted by Crippen LogP contribution is -2.23. The summed E-state index contributed by atoms with van der Waals surface area (Å²) in [6, 6.07) is 8.81. The molecule has 0 aliphatic heterocycles. The van der Waals surface area contributed by atoms with Crippen molar-refractivity contribution >= 4 is 21.6 Å². The number of nitrogens with zero attached hydrogens (tertiary/aromatic N) is 2. The maximum absolute atomic E-state index is 4.74. The van der Waals surface area contributed by atoms with Crippen LogP contribution in [0.3, 0.4) is 0 Å². The standard InChI is InChI=1S/C15H22N2S/c1-4-5-8-11-17(3)12(2)15-16-13-9-6-7-10-14(13)18-15/h6-7,9-10,12H,4-5,8,11H2,1-3H3. The summed E-state index contributed by atoms with van der Waals surface area (Å²) in [6.45, 7) is 5.66. The summed E-state index contributed by atoms with van der Waals surface area (Å²) in [6.07, 6.45) is 3.88. The Kier molecular flexibility index (Phi) is 4.72. The van der Waals surface area contributed by atoms with Gasteiger partial charge in [0.1, 0.15) is 5.01 Å². The number of benzene rings is 1. The van der Waals surface area contributed by atoms with E-state index < -0.39 is 0 Å². The molecule has 0 N–H and O–H groups in total. The summed E-state index contributed by atoms with van der Waals surface area (Å²) < 4.78 is 1.29. The van der Waals surface area contributed by atoms with E-state index in [1.165, 1.54) is 29.0 Å². The van der Waals surface area contributed by atoms with E-state index in [1.54, 1.807) is 0 Å². The number of thiazole rings is 1. The van der Waals surface area contributed by atoms with Crippen molar-refractivity contribution < 1.29 is 0 Å². The molecule has 98 valence electrons. The minimum absolute atomic E-state index is 0.416. The maximum Gasteiger partial charge on any atom is 0.111 e. The molecule has 0 fully saturated rings. The van der Waals surface area contributed by atoms with Gasteiger partial charge < -0.3 is 0 Å². The first-order valence-corrected chi connectivity index (χ1v) is 7.59. The zero-order valence-corrected chi connectivity index (χ0v) is 12.3. The Hall–Kier alpha value is -0.930. The van der Waals surface area contributed by atoms with Crippen molar-refractivity contribution in [2.75, 3.05) is 13.6 Å². The lowest BCUT2D eigenvalue weighted by Gasteiger charge is -2.22. The third-order valence-electron chi connectivity index (χ3n) is 3.44. The molecule has 0 saturated heterocycles. The molecule has 0 aliphatic carbocycles. The van der Waals surface area contributed by atoms with Gasteiger partial charge in [0.25, 0.3) is 0 Å². The van der Waals surface area contributed by atoms with Gasteiger partial charge in [0.05, 0.1) is 16.3 Å². The van der Waals surface area contributed by atoms with Gasteiger partial charge in [-0.3, -0.25) is 4.90 Å². The van der Waals surface area contributed by atoms with Crippen LogP contribution in [0.4, 0.5) is 0 Å². The zero-order chi connectivity index (χ0) is 13.0. The van der Waals surface area contributed by atoms with Crippen molar-refractivity contribution in [3.63, 3.8) is 0 Å². The van der Waals surface area contributed by atoms with Crippen LogP contribution in [-0.2, 0) is 0 Å². The largest absolute Gasteiger partial charge is 0.297 e. The Morgan fingerprint density at radius 3 is 2.78 bits per heavy atom. The van der Waals surface area contributed by atoms with Crippen LogP contribution in [0.2, 0.25) is 0 Å². The Morgan fingerprint density at radius 1 is 1.28 bits per heavy atom. The van der Waals surface area contributed by atoms with Crippen molar-refractivity contribution in [3.05, 3.63) is 29.3 Å². The van der Waals surface area contributed by atoms with Crippen LogP contribution in [0.5, 0.6) is 0 Å². The minimum atomic E-state index is 0.416. The van der Waals surface area contributed by atoms with Gasteiger partial charge in [0, 0.05) is 0 Å². The molecule has 2 aromatic rings. The van der Waals surface area contributed by atoms with E-state index in [9.17, 15) is 0 Å². The van der Waals surface area contributed by atoms with Gasteiger partial charge in [-0.25, -0.2) is 4.98 Å². The van der Waals surface area contributed by atoms with Crippen LogP contribution >= 0.6 is 11.3 Å². The first kappa shape index (κ1) is 13.5. The normalized spacial score (nSPS) is 13.3. The fourth-order valence-corrected chi connectivity index (χ4v) is 3.15.